The number of fused-ring (bicyclic) bond motifs is 1. The summed E-state index contributed by atoms with van der Waals surface area (Å²) < 4.78 is 5.21. The molecule has 130 valence electrons. The van der Waals surface area contributed by atoms with Gasteiger partial charge >= 0.3 is 0 Å². The Bertz CT molecular complexity index is 1050. The molecule has 3 N–H and O–H groups in total. The van der Waals surface area contributed by atoms with E-state index in [9.17, 15) is 4.79 Å². The van der Waals surface area contributed by atoms with Crippen LogP contribution < -0.4 is 10.1 Å². The van der Waals surface area contributed by atoms with Crippen LogP contribution in [0.25, 0.3) is 22.0 Å². The number of hydrogen-bond donors (Lipinski definition) is 3. The fourth-order valence-electron chi connectivity index (χ4n) is 2.96. The zero-order chi connectivity index (χ0) is 17.9. The lowest BCUT2D eigenvalue weighted by atomic mass is 10.1. The Morgan fingerprint density at radius 1 is 1.15 bits per heavy atom. The molecular formula is C20H18N4O2. The van der Waals surface area contributed by atoms with Gasteiger partial charge < -0.3 is 15.0 Å². The summed E-state index contributed by atoms with van der Waals surface area (Å²) in [6.45, 7) is 0.440. The lowest BCUT2D eigenvalue weighted by Crippen LogP contribution is -2.22. The number of amides is 1. The summed E-state index contributed by atoms with van der Waals surface area (Å²) in [6, 6.07) is 13.6. The number of nitrogens with zero attached hydrogens (tertiary/aromatic N) is 1. The molecule has 0 aliphatic rings. The third-order valence-corrected chi connectivity index (χ3v) is 4.35. The highest BCUT2D eigenvalue weighted by molar-refractivity contribution is 6.07. The highest BCUT2D eigenvalue weighted by Gasteiger charge is 2.13. The van der Waals surface area contributed by atoms with Crippen LogP contribution in [0.1, 0.15) is 15.9 Å². The van der Waals surface area contributed by atoms with Crippen molar-refractivity contribution in [3.05, 3.63) is 72.2 Å². The first kappa shape index (κ1) is 16.0. The molecule has 0 radical (unpaired) electrons. The first-order chi connectivity index (χ1) is 12.7. The minimum absolute atomic E-state index is 0.116. The summed E-state index contributed by atoms with van der Waals surface area (Å²) in [5, 5.41) is 10.6. The summed E-state index contributed by atoms with van der Waals surface area (Å²) in [4.78, 5) is 15.8. The van der Waals surface area contributed by atoms with E-state index in [2.05, 4.69) is 20.5 Å². The van der Waals surface area contributed by atoms with Gasteiger partial charge in [0.1, 0.15) is 5.75 Å². The number of H-pyrrole nitrogens is 2. The van der Waals surface area contributed by atoms with Crippen LogP contribution in [0.15, 0.2) is 61.1 Å². The molecule has 6 heteroatoms. The van der Waals surface area contributed by atoms with E-state index < -0.39 is 0 Å². The monoisotopic (exact) mass is 346 g/mol. The molecule has 2 aromatic heterocycles. The number of benzene rings is 2. The number of rotatable bonds is 5. The van der Waals surface area contributed by atoms with E-state index in [4.69, 9.17) is 4.74 Å². The van der Waals surface area contributed by atoms with Gasteiger partial charge in [-0.2, -0.15) is 5.10 Å². The van der Waals surface area contributed by atoms with Gasteiger partial charge in [-0.1, -0.05) is 24.3 Å². The molecule has 0 bridgehead atoms. The molecule has 4 aromatic rings. The fraction of sp³-hybridized carbons (Fsp3) is 0.100. The summed E-state index contributed by atoms with van der Waals surface area (Å²) in [7, 11) is 1.63. The zero-order valence-electron chi connectivity index (χ0n) is 14.2. The minimum Gasteiger partial charge on any atom is -0.497 e. The topological polar surface area (TPSA) is 82.8 Å². The number of nitrogens with one attached hydrogen (secondary N) is 3. The van der Waals surface area contributed by atoms with Crippen molar-refractivity contribution in [1.82, 2.24) is 20.5 Å². The van der Waals surface area contributed by atoms with E-state index in [0.717, 1.165) is 33.3 Å². The summed E-state index contributed by atoms with van der Waals surface area (Å²) in [5.74, 6) is 0.658. The van der Waals surface area contributed by atoms with Gasteiger partial charge in [0, 0.05) is 35.4 Å². The minimum atomic E-state index is -0.116. The average Bonchev–Trinajstić information content (AvgIpc) is 3.35. The third-order valence-electron chi connectivity index (χ3n) is 4.35. The van der Waals surface area contributed by atoms with Gasteiger partial charge in [-0.15, -0.1) is 0 Å². The van der Waals surface area contributed by atoms with Gasteiger partial charge in [-0.05, 0) is 29.3 Å². The van der Waals surface area contributed by atoms with E-state index in [0.29, 0.717) is 12.1 Å². The Balaban J connectivity index is 1.53. The van der Waals surface area contributed by atoms with Crippen molar-refractivity contribution in [2.75, 3.05) is 7.11 Å². The van der Waals surface area contributed by atoms with E-state index in [-0.39, 0.29) is 5.91 Å². The molecule has 0 fully saturated rings. The van der Waals surface area contributed by atoms with Gasteiger partial charge in [0.2, 0.25) is 0 Å². The molecule has 0 saturated carbocycles. The standard InChI is InChI=1S/C20H18N4O2/c1-26-16-4-2-3-13(7-16)9-22-20(25)18-12-21-19-8-14(5-6-17(18)19)15-10-23-24-11-15/h2-8,10-12,21H,9H2,1H3,(H,22,25)(H,23,24). The number of aromatic nitrogens is 3. The second-order valence-corrected chi connectivity index (χ2v) is 5.98. The summed E-state index contributed by atoms with van der Waals surface area (Å²) in [6.07, 6.45) is 5.35. The Kier molecular flexibility index (Phi) is 4.15. The molecule has 1 amide bonds. The molecule has 4 rings (SSSR count). The van der Waals surface area contributed by atoms with E-state index >= 15 is 0 Å². The fourth-order valence-corrected chi connectivity index (χ4v) is 2.96. The SMILES string of the molecule is COc1cccc(CNC(=O)c2c[nH]c3cc(-c4cn[nH]c4)ccc23)c1. The van der Waals surface area contributed by atoms with Gasteiger partial charge in [0.25, 0.3) is 5.91 Å². The van der Waals surface area contributed by atoms with Gasteiger partial charge in [0.05, 0.1) is 18.9 Å². The first-order valence-electron chi connectivity index (χ1n) is 8.26. The van der Waals surface area contributed by atoms with Crippen molar-refractivity contribution in [1.29, 1.82) is 0 Å². The largest absolute Gasteiger partial charge is 0.497 e. The molecule has 0 atom stereocenters. The van der Waals surface area contributed by atoms with Gasteiger partial charge in [-0.3, -0.25) is 9.89 Å². The first-order valence-corrected chi connectivity index (χ1v) is 8.26. The molecule has 26 heavy (non-hydrogen) atoms. The molecule has 0 unspecified atom stereocenters. The third kappa shape index (κ3) is 3.04. The average molecular weight is 346 g/mol. The summed E-state index contributed by atoms with van der Waals surface area (Å²) >= 11 is 0. The number of aromatic amines is 2. The van der Waals surface area contributed by atoms with E-state index in [1.54, 1.807) is 19.5 Å². The number of methoxy groups -OCH3 is 1. The second kappa shape index (κ2) is 6.76. The van der Waals surface area contributed by atoms with Crippen molar-refractivity contribution in [3.8, 4) is 16.9 Å². The molecule has 0 saturated heterocycles. The predicted octanol–water partition coefficient (Wildman–Crippen LogP) is 3.50. The van der Waals surface area contributed by atoms with Crippen molar-refractivity contribution < 1.29 is 9.53 Å². The van der Waals surface area contributed by atoms with E-state index in [1.807, 2.05) is 48.7 Å². The van der Waals surface area contributed by atoms with Crippen LogP contribution in [0.4, 0.5) is 0 Å². The van der Waals surface area contributed by atoms with Gasteiger partial charge in [-0.25, -0.2) is 0 Å². The summed E-state index contributed by atoms with van der Waals surface area (Å²) in [5.41, 5.74) is 4.57. The van der Waals surface area contributed by atoms with E-state index in [1.165, 1.54) is 0 Å². The lowest BCUT2D eigenvalue weighted by molar-refractivity contribution is 0.0952. The Morgan fingerprint density at radius 2 is 2.08 bits per heavy atom. The number of ether oxygens (including phenoxy) is 1. The molecule has 2 heterocycles. The van der Waals surface area contributed by atoms with Crippen molar-refractivity contribution >= 4 is 16.8 Å². The quantitative estimate of drug-likeness (QED) is 0.517. The van der Waals surface area contributed by atoms with Crippen LogP contribution in [0.3, 0.4) is 0 Å². The second-order valence-electron chi connectivity index (χ2n) is 5.98. The normalized spacial score (nSPS) is 10.8. The maximum atomic E-state index is 12.6. The van der Waals surface area contributed by atoms with Crippen LogP contribution >= 0.6 is 0 Å². The van der Waals surface area contributed by atoms with Crippen molar-refractivity contribution in [2.45, 2.75) is 6.54 Å². The van der Waals surface area contributed by atoms with Crippen molar-refractivity contribution in [2.24, 2.45) is 0 Å². The maximum absolute atomic E-state index is 12.6. The Morgan fingerprint density at radius 3 is 2.88 bits per heavy atom. The van der Waals surface area contributed by atoms with Crippen LogP contribution in [-0.4, -0.2) is 28.2 Å². The molecule has 0 spiro atoms. The number of hydrogen-bond acceptors (Lipinski definition) is 3. The van der Waals surface area contributed by atoms with Crippen LogP contribution in [0.5, 0.6) is 5.75 Å². The molecule has 0 aliphatic carbocycles. The van der Waals surface area contributed by atoms with Gasteiger partial charge in [0.15, 0.2) is 0 Å². The Labute approximate surface area is 150 Å². The molecular weight excluding hydrogens is 328 g/mol. The lowest BCUT2D eigenvalue weighted by Gasteiger charge is -2.06. The highest BCUT2D eigenvalue weighted by atomic mass is 16.5. The van der Waals surface area contributed by atoms with Crippen molar-refractivity contribution in [3.63, 3.8) is 0 Å². The van der Waals surface area contributed by atoms with Crippen LogP contribution in [0, 0.1) is 0 Å². The smallest absolute Gasteiger partial charge is 0.253 e. The molecule has 2 aromatic carbocycles. The highest BCUT2D eigenvalue weighted by Crippen LogP contribution is 2.25. The molecule has 0 aliphatic heterocycles. The zero-order valence-corrected chi connectivity index (χ0v) is 14.2. The van der Waals surface area contributed by atoms with Crippen LogP contribution in [-0.2, 0) is 6.54 Å². The number of carbonyl (C=O) groups excluding carboxylic acids is 1. The predicted molar refractivity (Wildman–Crippen MR) is 100 cm³/mol. The number of carbonyl (C=O) groups is 1. The molecule has 6 nitrogen and oxygen atoms in total. The Hall–Kier alpha value is -3.54. The maximum Gasteiger partial charge on any atom is 0.253 e. The van der Waals surface area contributed by atoms with Crippen LogP contribution in [0.2, 0.25) is 0 Å².